The molecule has 0 unspecified atom stereocenters. The zero-order valence-corrected chi connectivity index (χ0v) is 15.0. The maximum atomic E-state index is 12.7. The second-order valence-corrected chi connectivity index (χ2v) is 7.50. The summed E-state index contributed by atoms with van der Waals surface area (Å²) in [5.41, 5.74) is 1.77. The van der Waals surface area contributed by atoms with Gasteiger partial charge in [0.2, 0.25) is 0 Å². The first kappa shape index (κ1) is 17.6. The van der Waals surface area contributed by atoms with Crippen LogP contribution in [-0.4, -0.2) is 23.7 Å². The van der Waals surface area contributed by atoms with Gasteiger partial charge in [0, 0.05) is 11.8 Å². The van der Waals surface area contributed by atoms with Crippen molar-refractivity contribution in [1.82, 2.24) is 10.3 Å². The molecule has 4 aromatic rings. The van der Waals surface area contributed by atoms with Gasteiger partial charge in [-0.2, -0.15) is 0 Å². The van der Waals surface area contributed by atoms with Gasteiger partial charge in [0.25, 0.3) is 15.7 Å². The Hall–Kier alpha value is -3.79. The van der Waals surface area contributed by atoms with Crippen LogP contribution in [0.15, 0.2) is 76.3 Å². The fraction of sp³-hybridized carbons (Fsp3) is 0. The lowest BCUT2D eigenvalue weighted by Crippen LogP contribution is -2.13. The molecule has 0 radical (unpaired) electrons. The Morgan fingerprint density at radius 2 is 1.68 bits per heavy atom. The van der Waals surface area contributed by atoms with Gasteiger partial charge in [-0.05, 0) is 46.2 Å². The van der Waals surface area contributed by atoms with Crippen LogP contribution in [0.1, 0.15) is 0 Å². The molecule has 28 heavy (non-hydrogen) atoms. The van der Waals surface area contributed by atoms with E-state index in [4.69, 9.17) is 0 Å². The molecule has 1 N–H and O–H groups in total. The monoisotopic (exact) mass is 396 g/mol. The molecular weight excluding hydrogens is 384 g/mol. The zero-order chi connectivity index (χ0) is 19.7. The predicted octanol–water partition coefficient (Wildman–Crippen LogP) is 3.60. The van der Waals surface area contributed by atoms with E-state index in [9.17, 15) is 18.5 Å². The number of rotatable bonds is 5. The molecule has 10 heteroatoms. The fourth-order valence-corrected chi connectivity index (χ4v) is 4.01. The number of aromatic nitrogens is 2. The van der Waals surface area contributed by atoms with Crippen LogP contribution in [0.3, 0.4) is 0 Å². The first-order valence-corrected chi connectivity index (χ1v) is 9.52. The van der Waals surface area contributed by atoms with E-state index in [0.29, 0.717) is 22.3 Å². The number of fused-ring (bicyclic) bond motifs is 1. The van der Waals surface area contributed by atoms with E-state index in [1.807, 2.05) is 0 Å². The van der Waals surface area contributed by atoms with E-state index in [2.05, 4.69) is 19.7 Å². The van der Waals surface area contributed by atoms with E-state index < -0.39 is 14.9 Å². The number of nitro groups is 1. The molecule has 0 aliphatic carbocycles. The highest BCUT2D eigenvalue weighted by atomic mass is 32.2. The van der Waals surface area contributed by atoms with Gasteiger partial charge in [0.05, 0.1) is 10.5 Å². The number of nitrogens with one attached hydrogen (secondary N) is 1. The molecular formula is C18H12N4O5S. The summed E-state index contributed by atoms with van der Waals surface area (Å²) in [6.45, 7) is 0. The SMILES string of the molecule is O=[N+]([O-])c1ccccc1-c1ccc(NS(=O)(=O)c2cccc3nonc23)cc1. The van der Waals surface area contributed by atoms with Gasteiger partial charge in [0.15, 0.2) is 5.52 Å². The lowest BCUT2D eigenvalue weighted by molar-refractivity contribution is -0.384. The first-order valence-electron chi connectivity index (χ1n) is 8.04. The third-order valence-electron chi connectivity index (χ3n) is 4.09. The van der Waals surface area contributed by atoms with Crippen LogP contribution in [0.25, 0.3) is 22.2 Å². The average molecular weight is 396 g/mol. The molecule has 0 bridgehead atoms. The number of anilines is 1. The average Bonchev–Trinajstić information content (AvgIpc) is 3.17. The molecule has 0 saturated carbocycles. The highest BCUT2D eigenvalue weighted by molar-refractivity contribution is 7.93. The van der Waals surface area contributed by atoms with Crippen molar-refractivity contribution in [2.75, 3.05) is 4.72 Å². The number of sulfonamides is 1. The van der Waals surface area contributed by atoms with Crippen LogP contribution in [0.5, 0.6) is 0 Å². The number of nitrogens with zero attached hydrogens (tertiary/aromatic N) is 3. The van der Waals surface area contributed by atoms with Crippen LogP contribution in [0.2, 0.25) is 0 Å². The van der Waals surface area contributed by atoms with Gasteiger partial charge in [-0.1, -0.05) is 30.3 Å². The molecule has 0 aliphatic rings. The van der Waals surface area contributed by atoms with Crippen LogP contribution in [-0.2, 0) is 10.0 Å². The lowest BCUT2D eigenvalue weighted by atomic mass is 10.0. The second-order valence-electron chi connectivity index (χ2n) is 5.85. The normalized spacial score (nSPS) is 11.4. The Labute approximate surface area is 158 Å². The fourth-order valence-electron chi connectivity index (χ4n) is 2.80. The molecule has 0 spiro atoms. The molecule has 140 valence electrons. The van der Waals surface area contributed by atoms with Gasteiger partial charge in [-0.15, -0.1) is 0 Å². The van der Waals surface area contributed by atoms with Crippen molar-refractivity contribution in [3.63, 3.8) is 0 Å². The van der Waals surface area contributed by atoms with Crippen LogP contribution in [0.4, 0.5) is 11.4 Å². The number of hydrogen-bond acceptors (Lipinski definition) is 7. The zero-order valence-electron chi connectivity index (χ0n) is 14.1. The Bertz CT molecular complexity index is 1280. The summed E-state index contributed by atoms with van der Waals surface area (Å²) in [5, 5.41) is 18.5. The highest BCUT2D eigenvalue weighted by Gasteiger charge is 2.21. The molecule has 1 aromatic heterocycles. The quantitative estimate of drug-likeness (QED) is 0.403. The van der Waals surface area contributed by atoms with Gasteiger partial charge >= 0.3 is 0 Å². The van der Waals surface area contributed by atoms with Crippen LogP contribution in [0, 0.1) is 10.1 Å². The maximum Gasteiger partial charge on any atom is 0.277 e. The number of nitro benzene ring substituents is 1. The van der Waals surface area contributed by atoms with Gasteiger partial charge < -0.3 is 0 Å². The standard InChI is InChI=1S/C18H12N4O5S/c23-22(24)16-6-2-1-4-14(16)12-8-10-13(11-9-12)21-28(25,26)17-7-3-5-15-18(17)20-27-19-15/h1-11,21H. The van der Waals surface area contributed by atoms with Crippen molar-refractivity contribution in [1.29, 1.82) is 0 Å². The van der Waals surface area contributed by atoms with Crippen molar-refractivity contribution < 1.29 is 18.0 Å². The molecule has 1 heterocycles. The third-order valence-corrected chi connectivity index (χ3v) is 5.50. The minimum absolute atomic E-state index is 0.0268. The molecule has 0 fully saturated rings. The Kier molecular flexibility index (Phi) is 4.24. The number of benzene rings is 3. The minimum Gasteiger partial charge on any atom is -0.280 e. The summed E-state index contributed by atoms with van der Waals surface area (Å²) in [4.78, 5) is 10.7. The molecule has 0 saturated heterocycles. The van der Waals surface area contributed by atoms with Crippen LogP contribution >= 0.6 is 0 Å². The molecule has 0 aliphatic heterocycles. The molecule has 3 aromatic carbocycles. The molecule has 9 nitrogen and oxygen atoms in total. The van der Waals surface area contributed by atoms with Gasteiger partial charge in [-0.25, -0.2) is 13.0 Å². The van der Waals surface area contributed by atoms with Crippen molar-refractivity contribution in [3.8, 4) is 11.1 Å². The van der Waals surface area contributed by atoms with E-state index in [-0.39, 0.29) is 16.1 Å². The van der Waals surface area contributed by atoms with Crippen molar-refractivity contribution in [3.05, 3.63) is 76.8 Å². The topological polar surface area (TPSA) is 128 Å². The Morgan fingerprint density at radius 3 is 2.43 bits per heavy atom. The minimum atomic E-state index is -3.93. The van der Waals surface area contributed by atoms with Gasteiger partial charge in [-0.3, -0.25) is 14.8 Å². The lowest BCUT2D eigenvalue weighted by Gasteiger charge is -2.09. The summed E-state index contributed by atoms with van der Waals surface area (Å²) >= 11 is 0. The van der Waals surface area contributed by atoms with E-state index in [0.717, 1.165) is 0 Å². The van der Waals surface area contributed by atoms with E-state index >= 15 is 0 Å². The van der Waals surface area contributed by atoms with E-state index in [1.54, 1.807) is 42.5 Å². The molecule has 4 rings (SSSR count). The summed E-state index contributed by atoms with van der Waals surface area (Å²) < 4.78 is 32.5. The van der Waals surface area contributed by atoms with E-state index in [1.165, 1.54) is 24.3 Å². The number of hydrogen-bond donors (Lipinski definition) is 1. The maximum absolute atomic E-state index is 12.7. The Balaban J connectivity index is 1.65. The second kappa shape index (κ2) is 6.74. The summed E-state index contributed by atoms with van der Waals surface area (Å²) in [5.74, 6) is 0. The molecule has 0 amide bonds. The molecule has 0 atom stereocenters. The smallest absolute Gasteiger partial charge is 0.277 e. The summed E-state index contributed by atoms with van der Waals surface area (Å²) in [6.07, 6.45) is 0. The third kappa shape index (κ3) is 3.16. The largest absolute Gasteiger partial charge is 0.280 e. The summed E-state index contributed by atoms with van der Waals surface area (Å²) in [6, 6.07) is 17.2. The predicted molar refractivity (Wildman–Crippen MR) is 101 cm³/mol. The van der Waals surface area contributed by atoms with Crippen molar-refractivity contribution in [2.45, 2.75) is 4.90 Å². The van der Waals surface area contributed by atoms with Crippen LogP contribution < -0.4 is 4.72 Å². The van der Waals surface area contributed by atoms with Gasteiger partial charge in [0.1, 0.15) is 10.4 Å². The highest BCUT2D eigenvalue weighted by Crippen LogP contribution is 2.31. The van der Waals surface area contributed by atoms with Crippen molar-refractivity contribution in [2.24, 2.45) is 0 Å². The Morgan fingerprint density at radius 1 is 0.929 bits per heavy atom. The van der Waals surface area contributed by atoms with Crippen molar-refractivity contribution >= 4 is 32.4 Å². The number of para-hydroxylation sites is 1. The summed E-state index contributed by atoms with van der Waals surface area (Å²) in [7, 11) is -3.93. The first-order chi connectivity index (χ1) is 13.5.